The van der Waals surface area contributed by atoms with E-state index in [1.54, 1.807) is 36.4 Å². The third-order valence-corrected chi connectivity index (χ3v) is 3.42. The predicted octanol–water partition coefficient (Wildman–Crippen LogP) is 3.50. The van der Waals surface area contributed by atoms with Crippen molar-refractivity contribution in [3.8, 4) is 11.5 Å². The molecule has 2 heterocycles. The van der Waals surface area contributed by atoms with Crippen molar-refractivity contribution < 1.29 is 19.4 Å². The van der Waals surface area contributed by atoms with Crippen LogP contribution < -0.4 is 15.4 Å². The van der Waals surface area contributed by atoms with Gasteiger partial charge in [-0.15, -0.1) is 0 Å². The maximum Gasteiger partial charge on any atom is 0.416 e. The van der Waals surface area contributed by atoms with Gasteiger partial charge in [0.15, 0.2) is 0 Å². The van der Waals surface area contributed by atoms with Crippen LogP contribution in [0.15, 0.2) is 48.8 Å². The van der Waals surface area contributed by atoms with Crippen LogP contribution in [0.2, 0.25) is 0 Å². The van der Waals surface area contributed by atoms with Crippen molar-refractivity contribution in [3.05, 3.63) is 48.8 Å². The van der Waals surface area contributed by atoms with Crippen molar-refractivity contribution in [3.63, 3.8) is 0 Å². The van der Waals surface area contributed by atoms with Crippen LogP contribution in [0.4, 0.5) is 15.4 Å². The van der Waals surface area contributed by atoms with Gasteiger partial charge in [0.25, 0.3) is 0 Å². The van der Waals surface area contributed by atoms with Crippen molar-refractivity contribution >= 4 is 28.8 Å². The Hall–Kier alpha value is -3.55. The van der Waals surface area contributed by atoms with Crippen LogP contribution in [0, 0.1) is 0 Å². The molecule has 3 rings (SSSR count). The number of nitrogens with zero attached hydrogens (tertiary/aromatic N) is 2. The fourth-order valence-electron chi connectivity index (χ4n) is 2.34. The number of rotatable bonds is 4. The number of fused-ring (bicyclic) bond motifs is 1. The van der Waals surface area contributed by atoms with Gasteiger partial charge in [-0.2, -0.15) is 0 Å². The summed E-state index contributed by atoms with van der Waals surface area (Å²) < 4.78 is 6.88. The lowest BCUT2D eigenvalue weighted by Crippen LogP contribution is -2.28. The van der Waals surface area contributed by atoms with E-state index in [0.29, 0.717) is 29.4 Å². The Bertz CT molecular complexity index is 935. The van der Waals surface area contributed by atoms with Crippen LogP contribution >= 0.6 is 0 Å². The van der Waals surface area contributed by atoms with Gasteiger partial charge in [-0.3, -0.25) is 9.88 Å². The molecule has 0 saturated carbocycles. The number of aromatic nitrogens is 2. The molecule has 0 saturated heterocycles. The lowest BCUT2D eigenvalue weighted by molar-refractivity contribution is 0.197. The van der Waals surface area contributed by atoms with Gasteiger partial charge in [0, 0.05) is 36.5 Å². The number of urea groups is 1. The van der Waals surface area contributed by atoms with Crippen LogP contribution in [0.1, 0.15) is 6.92 Å². The zero-order valence-electron chi connectivity index (χ0n) is 13.4. The van der Waals surface area contributed by atoms with Gasteiger partial charge in [0.05, 0.1) is 5.52 Å². The molecular weight excluding hydrogens is 324 g/mol. The van der Waals surface area contributed by atoms with E-state index in [1.165, 1.54) is 12.4 Å². The second kappa shape index (κ2) is 6.91. The van der Waals surface area contributed by atoms with Gasteiger partial charge in [-0.1, -0.05) is 0 Å². The normalized spacial score (nSPS) is 10.4. The summed E-state index contributed by atoms with van der Waals surface area (Å²) in [6.45, 7) is 2.32. The average molecular weight is 340 g/mol. The Morgan fingerprint density at radius 3 is 2.76 bits per heavy atom. The first-order valence-corrected chi connectivity index (χ1v) is 7.60. The maximum atomic E-state index is 11.5. The Kier molecular flexibility index (Phi) is 4.51. The lowest BCUT2D eigenvalue weighted by Gasteiger charge is -2.09. The predicted molar refractivity (Wildman–Crippen MR) is 92.4 cm³/mol. The number of benzene rings is 1. The van der Waals surface area contributed by atoms with Gasteiger partial charge in [-0.25, -0.2) is 14.6 Å². The molecule has 8 nitrogen and oxygen atoms in total. The number of anilines is 1. The summed E-state index contributed by atoms with van der Waals surface area (Å²) in [5.74, 6) is 1.29. The van der Waals surface area contributed by atoms with Gasteiger partial charge in [0.1, 0.15) is 17.3 Å². The smallest absolute Gasteiger partial charge is 0.416 e. The molecule has 0 unspecified atom stereocenters. The molecule has 2 aromatic heterocycles. The van der Waals surface area contributed by atoms with Crippen LogP contribution in [0.25, 0.3) is 10.9 Å². The van der Waals surface area contributed by atoms with E-state index in [1.807, 2.05) is 6.92 Å². The summed E-state index contributed by atoms with van der Waals surface area (Å²) in [6, 6.07) is 9.74. The van der Waals surface area contributed by atoms with Gasteiger partial charge in [0.2, 0.25) is 0 Å². The number of hydrogen-bond acceptors (Lipinski definition) is 4. The largest absolute Gasteiger partial charge is 0.464 e. The van der Waals surface area contributed by atoms with Crippen molar-refractivity contribution in [2.75, 3.05) is 11.9 Å². The summed E-state index contributed by atoms with van der Waals surface area (Å²) in [5, 5.41) is 15.2. The minimum absolute atomic E-state index is 0.346. The summed E-state index contributed by atoms with van der Waals surface area (Å²) in [7, 11) is 0. The number of carboxylic acid groups (broad SMARTS) is 1. The number of amides is 2. The molecular formula is C17H16N4O4. The molecule has 0 aliphatic heterocycles. The molecule has 0 radical (unpaired) electrons. The van der Waals surface area contributed by atoms with Gasteiger partial charge < -0.3 is 15.2 Å². The average Bonchev–Trinajstić information content (AvgIpc) is 2.98. The third kappa shape index (κ3) is 3.69. The fraction of sp³-hybridized carbons (Fsp3) is 0.118. The number of pyridine rings is 1. The van der Waals surface area contributed by atoms with E-state index < -0.39 is 6.09 Å². The zero-order chi connectivity index (χ0) is 17.8. The molecule has 2 amide bonds. The molecule has 3 N–H and O–H groups in total. The van der Waals surface area contributed by atoms with Crippen molar-refractivity contribution in [2.24, 2.45) is 0 Å². The van der Waals surface area contributed by atoms with Crippen LogP contribution in [-0.2, 0) is 0 Å². The molecule has 128 valence electrons. The van der Waals surface area contributed by atoms with Gasteiger partial charge in [-0.05, 0) is 31.2 Å². The Morgan fingerprint density at radius 2 is 2.00 bits per heavy atom. The van der Waals surface area contributed by atoms with E-state index in [4.69, 9.17) is 4.74 Å². The number of ether oxygens (including phenoxy) is 1. The Labute approximate surface area is 143 Å². The number of hydrogen-bond donors (Lipinski definition) is 3. The van der Waals surface area contributed by atoms with Crippen molar-refractivity contribution in [1.29, 1.82) is 0 Å². The van der Waals surface area contributed by atoms with Crippen LogP contribution in [-0.4, -0.2) is 33.3 Å². The van der Waals surface area contributed by atoms with E-state index in [2.05, 4.69) is 15.6 Å². The second-order valence-corrected chi connectivity index (χ2v) is 5.15. The molecule has 3 aromatic rings. The summed E-state index contributed by atoms with van der Waals surface area (Å²) >= 11 is 0. The highest BCUT2D eigenvalue weighted by Crippen LogP contribution is 2.27. The zero-order valence-corrected chi connectivity index (χ0v) is 13.4. The van der Waals surface area contributed by atoms with E-state index >= 15 is 0 Å². The third-order valence-electron chi connectivity index (χ3n) is 3.42. The molecule has 0 bridgehead atoms. The highest BCUT2D eigenvalue weighted by Gasteiger charge is 2.09. The van der Waals surface area contributed by atoms with Gasteiger partial charge >= 0.3 is 12.1 Å². The van der Waals surface area contributed by atoms with Crippen LogP contribution in [0.3, 0.4) is 0 Å². The summed E-state index contributed by atoms with van der Waals surface area (Å²) in [6.07, 6.45) is 1.93. The van der Waals surface area contributed by atoms with E-state index in [0.717, 1.165) is 9.95 Å². The monoisotopic (exact) mass is 340 g/mol. The lowest BCUT2D eigenvalue weighted by atomic mass is 10.2. The molecule has 25 heavy (non-hydrogen) atoms. The number of nitrogens with one attached hydrogen (secondary N) is 2. The van der Waals surface area contributed by atoms with E-state index in [-0.39, 0.29) is 6.03 Å². The summed E-state index contributed by atoms with van der Waals surface area (Å²) in [4.78, 5) is 26.8. The van der Waals surface area contributed by atoms with Crippen molar-refractivity contribution in [2.45, 2.75) is 6.92 Å². The maximum absolute atomic E-state index is 11.5. The number of carbonyl (C=O) groups excluding carboxylic acids is 1. The standard InChI is InChI=1S/C17H16N4O4/c1-2-18-16(22)20-15-10-13(5-7-19-15)25-12-4-3-11-6-8-21(17(23)24)14(11)9-12/h3-10H,2H2,1H3,(H,23,24)(H2,18,19,20,22). The topological polar surface area (TPSA) is 105 Å². The molecule has 0 fully saturated rings. The minimum atomic E-state index is -1.07. The molecule has 0 atom stereocenters. The highest BCUT2D eigenvalue weighted by atomic mass is 16.5. The first kappa shape index (κ1) is 16.3. The fourth-order valence-corrected chi connectivity index (χ4v) is 2.34. The summed E-state index contributed by atoms with van der Waals surface area (Å²) in [5.41, 5.74) is 0.528. The Balaban J connectivity index is 1.82. The van der Waals surface area contributed by atoms with E-state index in [9.17, 15) is 14.7 Å². The Morgan fingerprint density at radius 1 is 1.20 bits per heavy atom. The number of carbonyl (C=O) groups is 2. The first-order valence-electron chi connectivity index (χ1n) is 7.60. The molecule has 1 aromatic carbocycles. The SMILES string of the molecule is CCNC(=O)Nc1cc(Oc2ccc3ccn(C(=O)O)c3c2)ccn1. The van der Waals surface area contributed by atoms with Crippen molar-refractivity contribution in [1.82, 2.24) is 14.9 Å². The molecule has 8 heteroatoms. The first-order chi connectivity index (χ1) is 12.1. The van der Waals surface area contributed by atoms with Crippen LogP contribution in [0.5, 0.6) is 11.5 Å². The molecule has 0 aliphatic rings. The minimum Gasteiger partial charge on any atom is -0.464 e. The molecule has 0 aliphatic carbocycles. The second-order valence-electron chi connectivity index (χ2n) is 5.15. The molecule has 0 spiro atoms. The quantitative estimate of drug-likeness (QED) is 0.674. The highest BCUT2D eigenvalue weighted by molar-refractivity contribution is 5.90.